The molecule has 0 bridgehead atoms. The number of hydrogen-bond acceptors (Lipinski definition) is 3. The molecule has 2 aromatic rings. The monoisotopic (exact) mass is 347 g/mol. The Balaban J connectivity index is 2.41. The molecule has 0 radical (unpaired) electrons. The fourth-order valence-corrected chi connectivity index (χ4v) is 2.90. The Morgan fingerprint density at radius 3 is 2.75 bits per heavy atom. The number of thioether (sulfide) groups is 1. The average Bonchev–Trinajstić information content (AvgIpc) is 2.43. The van der Waals surface area contributed by atoms with E-state index in [-0.39, 0.29) is 0 Å². The number of ether oxygens (including phenoxy) is 1. The lowest BCUT2D eigenvalue weighted by Crippen LogP contribution is -1.92. The van der Waals surface area contributed by atoms with Crippen LogP contribution in [0.25, 0.3) is 0 Å². The third-order valence-electron chi connectivity index (χ3n) is 2.77. The summed E-state index contributed by atoms with van der Waals surface area (Å²) in [4.78, 5) is 0.958. The van der Waals surface area contributed by atoms with E-state index >= 15 is 0 Å². The third kappa shape index (κ3) is 3.36. The van der Waals surface area contributed by atoms with Gasteiger partial charge in [0.2, 0.25) is 0 Å². The van der Waals surface area contributed by atoms with Crippen LogP contribution in [0.2, 0.25) is 0 Å². The summed E-state index contributed by atoms with van der Waals surface area (Å²) in [6, 6.07) is 13.8. The average molecular weight is 348 g/mol. The minimum absolute atomic E-state index is 0.596. The predicted octanol–water partition coefficient (Wildman–Crippen LogP) is 5.53. The summed E-state index contributed by atoms with van der Waals surface area (Å²) >= 11 is 5.08. The first-order valence-corrected chi connectivity index (χ1v) is 8.03. The third-order valence-corrected chi connectivity index (χ3v) is 4.20. The maximum atomic E-state index is 9.38. The number of nitrogens with zero attached hydrogens (tertiary/aromatic N) is 1. The highest BCUT2D eigenvalue weighted by Gasteiger charge is 2.11. The Morgan fingerprint density at radius 1 is 1.25 bits per heavy atom. The first-order valence-electron chi connectivity index (χ1n) is 6.25. The van der Waals surface area contributed by atoms with Gasteiger partial charge in [-0.15, -0.1) is 11.8 Å². The Morgan fingerprint density at radius 2 is 2.05 bits per heavy atom. The van der Waals surface area contributed by atoms with E-state index in [1.807, 2.05) is 43.3 Å². The molecule has 4 heteroatoms. The minimum Gasteiger partial charge on any atom is -0.456 e. The molecule has 0 amide bonds. The molecule has 0 N–H and O–H groups in total. The molecule has 2 nitrogen and oxygen atoms in total. The second-order valence-corrected chi connectivity index (χ2v) is 6.41. The standard InChI is InChI=1S/C16H14BrNOS/c1-3-20-16-6-4-5-14(13(16)10-18)19-15-9-12(17)8-7-11(15)2/h4-9H,3H2,1-2H3. The van der Waals surface area contributed by atoms with Crippen molar-refractivity contribution in [2.75, 3.05) is 5.75 Å². The molecule has 2 rings (SSSR count). The maximum Gasteiger partial charge on any atom is 0.146 e. The van der Waals surface area contributed by atoms with Gasteiger partial charge >= 0.3 is 0 Å². The fraction of sp³-hybridized carbons (Fsp3) is 0.188. The smallest absolute Gasteiger partial charge is 0.146 e. The minimum atomic E-state index is 0.596. The van der Waals surface area contributed by atoms with Gasteiger partial charge in [0, 0.05) is 9.37 Å². The van der Waals surface area contributed by atoms with Crippen molar-refractivity contribution >= 4 is 27.7 Å². The van der Waals surface area contributed by atoms with Crippen LogP contribution in [-0.4, -0.2) is 5.75 Å². The molecule has 0 atom stereocenters. The molecule has 0 aliphatic carbocycles. The van der Waals surface area contributed by atoms with E-state index in [0.717, 1.165) is 26.4 Å². The van der Waals surface area contributed by atoms with Crippen LogP contribution in [0.1, 0.15) is 18.1 Å². The van der Waals surface area contributed by atoms with E-state index in [9.17, 15) is 5.26 Å². The molecule has 102 valence electrons. The van der Waals surface area contributed by atoms with Crippen LogP contribution in [-0.2, 0) is 0 Å². The number of hydrogen-bond donors (Lipinski definition) is 0. The predicted molar refractivity (Wildman–Crippen MR) is 86.5 cm³/mol. The summed E-state index contributed by atoms with van der Waals surface area (Å²) in [7, 11) is 0. The molecule has 0 aliphatic heterocycles. The molecule has 0 heterocycles. The quantitative estimate of drug-likeness (QED) is 0.681. The van der Waals surface area contributed by atoms with Gasteiger partial charge < -0.3 is 4.74 Å². The van der Waals surface area contributed by atoms with Crippen molar-refractivity contribution < 1.29 is 4.74 Å². The van der Waals surface area contributed by atoms with E-state index in [4.69, 9.17) is 4.74 Å². The van der Waals surface area contributed by atoms with Gasteiger partial charge in [-0.2, -0.15) is 5.26 Å². The van der Waals surface area contributed by atoms with Crippen molar-refractivity contribution in [3.63, 3.8) is 0 Å². The first kappa shape index (κ1) is 15.0. The van der Waals surface area contributed by atoms with Crippen molar-refractivity contribution in [1.82, 2.24) is 0 Å². The van der Waals surface area contributed by atoms with Gasteiger partial charge in [-0.1, -0.05) is 35.0 Å². The first-order chi connectivity index (χ1) is 9.65. The van der Waals surface area contributed by atoms with Gasteiger partial charge in [-0.3, -0.25) is 0 Å². The highest BCUT2D eigenvalue weighted by Crippen LogP contribution is 2.34. The molecular formula is C16H14BrNOS. The van der Waals surface area contributed by atoms with Crippen LogP contribution in [0, 0.1) is 18.3 Å². The van der Waals surface area contributed by atoms with Crippen LogP contribution in [0.5, 0.6) is 11.5 Å². The lowest BCUT2D eigenvalue weighted by molar-refractivity contribution is 0.475. The van der Waals surface area contributed by atoms with E-state index in [1.165, 1.54) is 0 Å². The Bertz CT molecular complexity index is 664. The molecule has 0 spiro atoms. The topological polar surface area (TPSA) is 33.0 Å². The fourth-order valence-electron chi connectivity index (χ4n) is 1.78. The Labute approximate surface area is 131 Å². The largest absolute Gasteiger partial charge is 0.456 e. The molecule has 0 saturated carbocycles. The molecule has 2 aromatic carbocycles. The van der Waals surface area contributed by atoms with Crippen molar-refractivity contribution in [1.29, 1.82) is 5.26 Å². The van der Waals surface area contributed by atoms with Gasteiger partial charge in [0.05, 0.1) is 0 Å². The van der Waals surface area contributed by atoms with Crippen LogP contribution < -0.4 is 4.74 Å². The molecule has 0 saturated heterocycles. The molecule has 0 aromatic heterocycles. The van der Waals surface area contributed by atoms with Gasteiger partial charge in [0.15, 0.2) is 0 Å². The van der Waals surface area contributed by atoms with Crippen molar-refractivity contribution in [3.8, 4) is 17.6 Å². The molecular weight excluding hydrogens is 334 g/mol. The summed E-state index contributed by atoms with van der Waals surface area (Å²) < 4.78 is 6.89. The highest BCUT2D eigenvalue weighted by atomic mass is 79.9. The SMILES string of the molecule is CCSc1cccc(Oc2cc(Br)ccc2C)c1C#N. The molecule has 0 aliphatic rings. The van der Waals surface area contributed by atoms with E-state index in [0.29, 0.717) is 11.3 Å². The lowest BCUT2D eigenvalue weighted by atomic mass is 10.2. The highest BCUT2D eigenvalue weighted by molar-refractivity contribution is 9.10. The maximum absolute atomic E-state index is 9.38. The normalized spacial score (nSPS) is 10.1. The van der Waals surface area contributed by atoms with Crippen LogP contribution >= 0.6 is 27.7 Å². The molecule has 20 heavy (non-hydrogen) atoms. The number of aryl methyl sites for hydroxylation is 1. The second-order valence-electron chi connectivity index (χ2n) is 4.19. The van der Waals surface area contributed by atoms with E-state index < -0.39 is 0 Å². The van der Waals surface area contributed by atoms with Gasteiger partial charge in [-0.05, 0) is 42.5 Å². The summed E-state index contributed by atoms with van der Waals surface area (Å²) in [5, 5.41) is 9.38. The van der Waals surface area contributed by atoms with Crippen molar-refractivity contribution in [2.45, 2.75) is 18.7 Å². The van der Waals surface area contributed by atoms with E-state index in [1.54, 1.807) is 11.8 Å². The van der Waals surface area contributed by atoms with Crippen LogP contribution in [0.4, 0.5) is 0 Å². The van der Waals surface area contributed by atoms with Crippen LogP contribution in [0.3, 0.4) is 0 Å². The van der Waals surface area contributed by atoms with Gasteiger partial charge in [0.25, 0.3) is 0 Å². The zero-order valence-electron chi connectivity index (χ0n) is 11.3. The van der Waals surface area contributed by atoms with Gasteiger partial charge in [0.1, 0.15) is 23.1 Å². The zero-order chi connectivity index (χ0) is 14.5. The lowest BCUT2D eigenvalue weighted by Gasteiger charge is -2.12. The zero-order valence-corrected chi connectivity index (χ0v) is 13.7. The summed E-state index contributed by atoms with van der Waals surface area (Å²) in [5.41, 5.74) is 1.63. The number of benzene rings is 2. The Kier molecular flexibility index (Phi) is 5.11. The summed E-state index contributed by atoms with van der Waals surface area (Å²) in [6.45, 7) is 4.05. The van der Waals surface area contributed by atoms with Crippen LogP contribution in [0.15, 0.2) is 45.8 Å². The number of rotatable bonds is 4. The summed E-state index contributed by atoms with van der Waals surface area (Å²) in [5.74, 6) is 2.29. The second kappa shape index (κ2) is 6.83. The molecule has 0 fully saturated rings. The summed E-state index contributed by atoms with van der Waals surface area (Å²) in [6.07, 6.45) is 0. The Hall–Kier alpha value is -1.44. The van der Waals surface area contributed by atoms with Crippen molar-refractivity contribution in [2.24, 2.45) is 0 Å². The number of nitriles is 1. The molecule has 0 unspecified atom stereocenters. The van der Waals surface area contributed by atoms with E-state index in [2.05, 4.69) is 28.9 Å². The number of halogens is 1. The van der Waals surface area contributed by atoms with Crippen molar-refractivity contribution in [3.05, 3.63) is 52.0 Å². The van der Waals surface area contributed by atoms with Gasteiger partial charge in [-0.25, -0.2) is 0 Å².